The van der Waals surface area contributed by atoms with Gasteiger partial charge in [0.2, 0.25) is 0 Å². The van der Waals surface area contributed by atoms with Gasteiger partial charge in [0.1, 0.15) is 0 Å². The van der Waals surface area contributed by atoms with Gasteiger partial charge in [-0.2, -0.15) is 0 Å². The molecule has 1 N–H and O–H groups in total. The summed E-state index contributed by atoms with van der Waals surface area (Å²) < 4.78 is 0.925. The minimum atomic E-state index is 0.731. The minimum Gasteiger partial charge on any atom is -0.381 e. The second-order valence-corrected chi connectivity index (χ2v) is 6.26. The number of nitrogens with one attached hydrogen (secondary N) is 1. The van der Waals surface area contributed by atoms with Crippen LogP contribution in [0.5, 0.6) is 0 Å². The fraction of sp³-hybridized carbons (Fsp3) is 0.250. The van der Waals surface area contributed by atoms with Crippen LogP contribution in [0.1, 0.15) is 29.9 Å². The molecule has 0 aromatic heterocycles. The Labute approximate surface area is 127 Å². The first-order valence-corrected chi connectivity index (χ1v) is 7.67. The first-order chi connectivity index (χ1) is 9.22. The van der Waals surface area contributed by atoms with Crippen molar-refractivity contribution in [3.63, 3.8) is 0 Å². The molecule has 0 saturated heterocycles. The fourth-order valence-corrected chi connectivity index (χ4v) is 2.56. The summed E-state index contributed by atoms with van der Waals surface area (Å²) in [5, 5.41) is 4.12. The predicted octanol–water partition coefficient (Wildman–Crippen LogP) is 5.59. The SMILES string of the molecule is Clc1cc(NCc2ccc(C3CC3)cc2)ccc1Br. The van der Waals surface area contributed by atoms with Crippen LogP contribution in [0.2, 0.25) is 5.02 Å². The average molecular weight is 337 g/mol. The van der Waals surface area contributed by atoms with Crippen LogP contribution in [0.15, 0.2) is 46.9 Å². The molecule has 0 atom stereocenters. The number of benzene rings is 2. The highest BCUT2D eigenvalue weighted by Crippen LogP contribution is 2.39. The number of hydrogen-bond acceptors (Lipinski definition) is 1. The molecule has 2 aromatic rings. The van der Waals surface area contributed by atoms with Crippen molar-refractivity contribution in [2.45, 2.75) is 25.3 Å². The minimum absolute atomic E-state index is 0.731. The number of anilines is 1. The van der Waals surface area contributed by atoms with Gasteiger partial charge in [-0.15, -0.1) is 0 Å². The van der Waals surface area contributed by atoms with E-state index < -0.39 is 0 Å². The predicted molar refractivity (Wildman–Crippen MR) is 84.9 cm³/mol. The Balaban J connectivity index is 1.63. The molecular weight excluding hydrogens is 322 g/mol. The lowest BCUT2D eigenvalue weighted by Crippen LogP contribution is -1.99. The Morgan fingerprint density at radius 1 is 1.11 bits per heavy atom. The summed E-state index contributed by atoms with van der Waals surface area (Å²) in [4.78, 5) is 0. The molecule has 1 aliphatic rings. The average Bonchev–Trinajstić information content (AvgIpc) is 3.25. The van der Waals surface area contributed by atoms with Crippen LogP contribution >= 0.6 is 27.5 Å². The molecule has 0 amide bonds. The molecule has 2 aromatic carbocycles. The van der Waals surface area contributed by atoms with Crippen LogP contribution < -0.4 is 5.32 Å². The summed E-state index contributed by atoms with van der Waals surface area (Å²) >= 11 is 9.46. The van der Waals surface area contributed by atoms with Crippen molar-refractivity contribution in [3.05, 3.63) is 63.1 Å². The molecule has 3 rings (SSSR count). The van der Waals surface area contributed by atoms with Crippen molar-refractivity contribution in [2.75, 3.05) is 5.32 Å². The summed E-state index contributed by atoms with van der Waals surface area (Å²) in [7, 11) is 0. The highest BCUT2D eigenvalue weighted by atomic mass is 79.9. The van der Waals surface area contributed by atoms with Crippen molar-refractivity contribution >= 4 is 33.2 Å². The van der Waals surface area contributed by atoms with E-state index in [2.05, 4.69) is 45.5 Å². The van der Waals surface area contributed by atoms with Crippen molar-refractivity contribution in [1.29, 1.82) is 0 Å². The largest absolute Gasteiger partial charge is 0.381 e. The Hall–Kier alpha value is -0.990. The topological polar surface area (TPSA) is 12.0 Å². The van der Waals surface area contributed by atoms with Crippen LogP contribution in [0.3, 0.4) is 0 Å². The van der Waals surface area contributed by atoms with E-state index in [1.165, 1.54) is 24.0 Å². The molecule has 1 saturated carbocycles. The molecule has 0 heterocycles. The summed E-state index contributed by atoms with van der Waals surface area (Å²) in [6.07, 6.45) is 2.71. The Kier molecular flexibility index (Phi) is 3.81. The molecule has 0 radical (unpaired) electrons. The number of rotatable bonds is 4. The first kappa shape index (κ1) is 13.0. The zero-order valence-corrected chi connectivity index (χ0v) is 12.8. The Morgan fingerprint density at radius 3 is 2.47 bits per heavy atom. The third-order valence-electron chi connectivity index (χ3n) is 3.44. The van der Waals surface area contributed by atoms with Crippen LogP contribution in [0.25, 0.3) is 0 Å². The van der Waals surface area contributed by atoms with Crippen molar-refractivity contribution in [3.8, 4) is 0 Å². The molecule has 98 valence electrons. The molecule has 19 heavy (non-hydrogen) atoms. The molecular formula is C16H15BrClN. The molecule has 3 heteroatoms. The highest BCUT2D eigenvalue weighted by molar-refractivity contribution is 9.10. The van der Waals surface area contributed by atoms with Gasteiger partial charge in [-0.05, 0) is 64.0 Å². The molecule has 0 bridgehead atoms. The van der Waals surface area contributed by atoms with Crippen molar-refractivity contribution in [2.24, 2.45) is 0 Å². The lowest BCUT2D eigenvalue weighted by molar-refractivity contribution is 1.10. The molecule has 0 spiro atoms. The normalized spacial score (nSPS) is 14.4. The van der Waals surface area contributed by atoms with E-state index in [0.717, 1.165) is 27.6 Å². The maximum absolute atomic E-state index is 6.07. The van der Waals surface area contributed by atoms with Gasteiger partial charge < -0.3 is 5.32 Å². The fourth-order valence-electron chi connectivity index (χ4n) is 2.13. The maximum atomic E-state index is 6.07. The lowest BCUT2D eigenvalue weighted by atomic mass is 10.1. The third-order valence-corrected chi connectivity index (χ3v) is 4.68. The zero-order chi connectivity index (χ0) is 13.2. The lowest BCUT2D eigenvalue weighted by Gasteiger charge is -2.08. The third kappa shape index (κ3) is 3.31. The van der Waals surface area contributed by atoms with Gasteiger partial charge in [0.05, 0.1) is 5.02 Å². The second-order valence-electron chi connectivity index (χ2n) is 5.00. The molecule has 1 fully saturated rings. The molecule has 0 unspecified atom stereocenters. The van der Waals surface area contributed by atoms with E-state index in [-0.39, 0.29) is 0 Å². The van der Waals surface area contributed by atoms with E-state index in [1.807, 2.05) is 18.2 Å². The van der Waals surface area contributed by atoms with Gasteiger partial charge in [0.15, 0.2) is 0 Å². The summed E-state index contributed by atoms with van der Waals surface area (Å²) in [5.41, 5.74) is 3.82. The summed E-state index contributed by atoms with van der Waals surface area (Å²) in [6, 6.07) is 14.8. The van der Waals surface area contributed by atoms with Crippen LogP contribution in [0.4, 0.5) is 5.69 Å². The molecule has 1 nitrogen and oxygen atoms in total. The van der Waals surface area contributed by atoms with Gasteiger partial charge >= 0.3 is 0 Å². The zero-order valence-electron chi connectivity index (χ0n) is 10.5. The summed E-state index contributed by atoms with van der Waals surface area (Å²) in [6.45, 7) is 0.822. The van der Waals surface area contributed by atoms with Crippen LogP contribution in [-0.2, 0) is 6.54 Å². The van der Waals surface area contributed by atoms with E-state index in [0.29, 0.717) is 0 Å². The Morgan fingerprint density at radius 2 is 1.84 bits per heavy atom. The van der Waals surface area contributed by atoms with E-state index >= 15 is 0 Å². The maximum Gasteiger partial charge on any atom is 0.0568 e. The van der Waals surface area contributed by atoms with Gasteiger partial charge in [-0.25, -0.2) is 0 Å². The van der Waals surface area contributed by atoms with E-state index in [9.17, 15) is 0 Å². The molecule has 0 aliphatic heterocycles. The quantitative estimate of drug-likeness (QED) is 0.767. The van der Waals surface area contributed by atoms with Crippen LogP contribution in [0, 0.1) is 0 Å². The van der Waals surface area contributed by atoms with Crippen LogP contribution in [-0.4, -0.2) is 0 Å². The van der Waals surface area contributed by atoms with Gasteiger partial charge in [0.25, 0.3) is 0 Å². The second kappa shape index (κ2) is 5.56. The standard InChI is InChI=1S/C16H15BrClN/c17-15-8-7-14(9-16(15)18)19-10-11-1-3-12(4-2-11)13-5-6-13/h1-4,7-9,13,19H,5-6,10H2. The van der Waals surface area contributed by atoms with Crippen molar-refractivity contribution < 1.29 is 0 Å². The number of halogens is 2. The molecule has 1 aliphatic carbocycles. The number of hydrogen-bond donors (Lipinski definition) is 1. The van der Waals surface area contributed by atoms with Gasteiger partial charge in [-0.3, -0.25) is 0 Å². The smallest absolute Gasteiger partial charge is 0.0568 e. The highest BCUT2D eigenvalue weighted by Gasteiger charge is 2.22. The van der Waals surface area contributed by atoms with E-state index in [4.69, 9.17) is 11.6 Å². The first-order valence-electron chi connectivity index (χ1n) is 6.50. The summed E-state index contributed by atoms with van der Waals surface area (Å²) in [5.74, 6) is 0.826. The Bertz CT molecular complexity index is 576. The van der Waals surface area contributed by atoms with Crippen molar-refractivity contribution in [1.82, 2.24) is 0 Å². The van der Waals surface area contributed by atoms with Gasteiger partial charge in [-0.1, -0.05) is 35.9 Å². The monoisotopic (exact) mass is 335 g/mol. The van der Waals surface area contributed by atoms with E-state index in [1.54, 1.807) is 0 Å². The van der Waals surface area contributed by atoms with Gasteiger partial charge in [0, 0.05) is 16.7 Å².